The zero-order valence-electron chi connectivity index (χ0n) is 10.0. The molecule has 0 saturated carbocycles. The van der Waals surface area contributed by atoms with Crippen LogP contribution < -0.4 is 10.6 Å². The second kappa shape index (κ2) is 6.90. The summed E-state index contributed by atoms with van der Waals surface area (Å²) in [5, 5.41) is 3.17. The Kier molecular flexibility index (Phi) is 5.18. The molecule has 2 heterocycles. The lowest BCUT2D eigenvalue weighted by Gasteiger charge is -2.34. The largest absolute Gasteiger partial charge is 0.379 e. The normalized spacial score (nSPS) is 17.6. The first kappa shape index (κ1) is 12.8. The summed E-state index contributed by atoms with van der Waals surface area (Å²) < 4.78 is 5.39. The molecule has 17 heavy (non-hydrogen) atoms. The average molecular weight is 256 g/mol. The minimum absolute atomic E-state index is 0.609. The molecule has 0 amide bonds. The minimum Gasteiger partial charge on any atom is -0.379 e. The number of nitrogens with two attached hydrogens (primary N) is 1. The highest BCUT2D eigenvalue weighted by molar-refractivity contribution is 7.13. The van der Waals surface area contributed by atoms with Crippen molar-refractivity contribution in [3.63, 3.8) is 0 Å². The highest BCUT2D eigenvalue weighted by Crippen LogP contribution is 2.18. The van der Waals surface area contributed by atoms with Gasteiger partial charge in [0.05, 0.1) is 13.2 Å². The summed E-state index contributed by atoms with van der Waals surface area (Å²) in [5.74, 6) is 0. The van der Waals surface area contributed by atoms with Gasteiger partial charge in [0.1, 0.15) is 0 Å². The molecule has 5 nitrogen and oxygen atoms in total. The first-order valence-corrected chi connectivity index (χ1v) is 6.92. The molecule has 0 aliphatic carbocycles. The lowest BCUT2D eigenvalue weighted by Crippen LogP contribution is -2.47. The summed E-state index contributed by atoms with van der Waals surface area (Å²) in [4.78, 5) is 9.12. The number of hydrogen-bond acceptors (Lipinski definition) is 6. The molecule has 1 aromatic rings. The van der Waals surface area contributed by atoms with Gasteiger partial charge in [0.15, 0.2) is 5.13 Å². The number of anilines is 1. The molecule has 0 atom stereocenters. The Labute approximate surface area is 106 Å². The van der Waals surface area contributed by atoms with Crippen molar-refractivity contribution in [2.24, 2.45) is 5.73 Å². The number of nitrogens with zero attached hydrogens (tertiary/aromatic N) is 3. The van der Waals surface area contributed by atoms with E-state index in [0.29, 0.717) is 13.2 Å². The van der Waals surface area contributed by atoms with E-state index < -0.39 is 0 Å². The standard InChI is InChI=1S/C11H20N4OS/c12-1-8-16-9-7-14-3-5-15(6-4-14)11-13-2-10-17-11/h2,10H,1,3-9,12H2. The van der Waals surface area contributed by atoms with E-state index >= 15 is 0 Å². The molecular formula is C11H20N4OS. The Balaban J connectivity index is 1.64. The Bertz CT molecular complexity index is 298. The van der Waals surface area contributed by atoms with Crippen molar-refractivity contribution in [3.8, 4) is 0 Å². The summed E-state index contributed by atoms with van der Waals surface area (Å²) in [5.41, 5.74) is 5.37. The number of hydrogen-bond donors (Lipinski definition) is 1. The van der Waals surface area contributed by atoms with Gasteiger partial charge in [-0.3, -0.25) is 4.90 Å². The summed E-state index contributed by atoms with van der Waals surface area (Å²) in [6.07, 6.45) is 1.87. The van der Waals surface area contributed by atoms with Crippen LogP contribution in [-0.2, 0) is 4.74 Å². The van der Waals surface area contributed by atoms with Crippen LogP contribution in [0.1, 0.15) is 0 Å². The van der Waals surface area contributed by atoms with Crippen molar-refractivity contribution in [3.05, 3.63) is 11.6 Å². The van der Waals surface area contributed by atoms with E-state index in [-0.39, 0.29) is 0 Å². The number of rotatable bonds is 6. The fraction of sp³-hybridized carbons (Fsp3) is 0.727. The van der Waals surface area contributed by atoms with Gasteiger partial charge in [-0.1, -0.05) is 0 Å². The molecule has 1 saturated heterocycles. The third-order valence-corrected chi connectivity index (χ3v) is 3.71. The Morgan fingerprint density at radius 1 is 1.29 bits per heavy atom. The first-order valence-electron chi connectivity index (χ1n) is 6.05. The van der Waals surface area contributed by atoms with Crippen LogP contribution in [0, 0.1) is 0 Å². The quantitative estimate of drug-likeness (QED) is 0.739. The Hall–Kier alpha value is -0.690. The minimum atomic E-state index is 0.609. The number of thiazole rings is 1. The van der Waals surface area contributed by atoms with Gasteiger partial charge in [0.2, 0.25) is 0 Å². The number of aromatic nitrogens is 1. The van der Waals surface area contributed by atoms with Gasteiger partial charge in [0, 0.05) is 50.8 Å². The second-order valence-corrected chi connectivity index (χ2v) is 4.92. The first-order chi connectivity index (χ1) is 8.40. The van der Waals surface area contributed by atoms with Gasteiger partial charge >= 0.3 is 0 Å². The molecule has 1 fully saturated rings. The molecule has 1 aliphatic rings. The fourth-order valence-corrected chi connectivity index (χ4v) is 2.61. The van der Waals surface area contributed by atoms with E-state index in [1.165, 1.54) is 0 Å². The summed E-state index contributed by atoms with van der Waals surface area (Å²) >= 11 is 1.71. The molecule has 1 aliphatic heterocycles. The van der Waals surface area contributed by atoms with Gasteiger partial charge in [-0.15, -0.1) is 11.3 Å². The molecule has 6 heteroatoms. The zero-order chi connectivity index (χ0) is 11.9. The molecule has 0 unspecified atom stereocenters. The van der Waals surface area contributed by atoms with E-state index in [1.54, 1.807) is 11.3 Å². The summed E-state index contributed by atoms with van der Waals surface area (Å²) in [7, 11) is 0. The van der Waals surface area contributed by atoms with E-state index in [0.717, 1.165) is 44.5 Å². The Morgan fingerprint density at radius 3 is 2.76 bits per heavy atom. The topological polar surface area (TPSA) is 54.6 Å². The van der Waals surface area contributed by atoms with Crippen molar-refractivity contribution < 1.29 is 4.74 Å². The number of piperazine rings is 1. The summed E-state index contributed by atoms with van der Waals surface area (Å²) in [6, 6.07) is 0. The molecule has 0 bridgehead atoms. The molecule has 0 spiro atoms. The van der Waals surface area contributed by atoms with Gasteiger partial charge < -0.3 is 15.4 Å². The monoisotopic (exact) mass is 256 g/mol. The van der Waals surface area contributed by atoms with Crippen LogP contribution in [0.2, 0.25) is 0 Å². The Morgan fingerprint density at radius 2 is 2.12 bits per heavy atom. The zero-order valence-corrected chi connectivity index (χ0v) is 10.9. The van der Waals surface area contributed by atoms with E-state index in [4.69, 9.17) is 10.5 Å². The van der Waals surface area contributed by atoms with Gasteiger partial charge in [-0.05, 0) is 0 Å². The molecule has 0 radical (unpaired) electrons. The smallest absolute Gasteiger partial charge is 0.185 e. The van der Waals surface area contributed by atoms with Crippen molar-refractivity contribution in [1.82, 2.24) is 9.88 Å². The van der Waals surface area contributed by atoms with Crippen molar-refractivity contribution in [1.29, 1.82) is 0 Å². The van der Waals surface area contributed by atoms with Crippen LogP contribution >= 0.6 is 11.3 Å². The molecule has 0 aromatic carbocycles. The average Bonchev–Trinajstić information content (AvgIpc) is 2.89. The maximum atomic E-state index is 5.39. The van der Waals surface area contributed by atoms with Crippen LogP contribution in [-0.4, -0.2) is 62.4 Å². The summed E-state index contributed by atoms with van der Waals surface area (Å²) in [6.45, 7) is 7.36. The molecule has 2 N–H and O–H groups in total. The predicted octanol–water partition coefficient (Wildman–Crippen LogP) is 0.240. The SMILES string of the molecule is NCCOCCN1CCN(c2nccs2)CC1. The van der Waals surface area contributed by atoms with Crippen molar-refractivity contribution >= 4 is 16.5 Å². The van der Waals surface area contributed by atoms with Crippen LogP contribution in [0.15, 0.2) is 11.6 Å². The molecule has 96 valence electrons. The van der Waals surface area contributed by atoms with Crippen LogP contribution in [0.5, 0.6) is 0 Å². The van der Waals surface area contributed by atoms with E-state index in [9.17, 15) is 0 Å². The molecular weight excluding hydrogens is 236 g/mol. The van der Waals surface area contributed by atoms with Crippen LogP contribution in [0.4, 0.5) is 5.13 Å². The maximum Gasteiger partial charge on any atom is 0.185 e. The third kappa shape index (κ3) is 3.92. The predicted molar refractivity (Wildman–Crippen MR) is 70.6 cm³/mol. The van der Waals surface area contributed by atoms with E-state index in [1.807, 2.05) is 11.6 Å². The lowest BCUT2D eigenvalue weighted by atomic mass is 10.3. The maximum absolute atomic E-state index is 5.39. The fourth-order valence-electron chi connectivity index (χ4n) is 1.91. The van der Waals surface area contributed by atoms with Crippen molar-refractivity contribution in [2.45, 2.75) is 0 Å². The van der Waals surface area contributed by atoms with Gasteiger partial charge in [-0.2, -0.15) is 0 Å². The third-order valence-electron chi connectivity index (χ3n) is 2.88. The van der Waals surface area contributed by atoms with Crippen LogP contribution in [0.25, 0.3) is 0 Å². The van der Waals surface area contributed by atoms with Crippen molar-refractivity contribution in [2.75, 3.05) is 57.4 Å². The highest BCUT2D eigenvalue weighted by Gasteiger charge is 2.17. The van der Waals surface area contributed by atoms with Gasteiger partial charge in [-0.25, -0.2) is 4.98 Å². The number of ether oxygens (including phenoxy) is 1. The lowest BCUT2D eigenvalue weighted by molar-refractivity contribution is 0.107. The molecule has 1 aromatic heterocycles. The van der Waals surface area contributed by atoms with Gasteiger partial charge in [0.25, 0.3) is 0 Å². The van der Waals surface area contributed by atoms with E-state index in [2.05, 4.69) is 14.8 Å². The highest BCUT2D eigenvalue weighted by atomic mass is 32.1. The molecule has 2 rings (SSSR count). The van der Waals surface area contributed by atoms with Crippen LogP contribution in [0.3, 0.4) is 0 Å². The second-order valence-electron chi connectivity index (χ2n) is 4.04.